The maximum absolute atomic E-state index is 12.7. The van der Waals surface area contributed by atoms with E-state index in [9.17, 15) is 9.59 Å². The smallest absolute Gasteiger partial charge is 0.407 e. The van der Waals surface area contributed by atoms with Crippen molar-refractivity contribution in [1.29, 1.82) is 0 Å². The van der Waals surface area contributed by atoms with E-state index in [1.807, 2.05) is 75.4 Å². The highest BCUT2D eigenvalue weighted by atomic mass is 16.6. The van der Waals surface area contributed by atoms with Crippen LogP contribution in [-0.4, -0.2) is 48.7 Å². The van der Waals surface area contributed by atoms with Crippen LogP contribution in [0.2, 0.25) is 0 Å². The maximum atomic E-state index is 12.7. The summed E-state index contributed by atoms with van der Waals surface area (Å²) >= 11 is 0. The number of alkyl carbamates (subject to hydrolysis) is 1. The lowest BCUT2D eigenvalue weighted by Crippen LogP contribution is -2.42. The fourth-order valence-corrected chi connectivity index (χ4v) is 4.00. The first-order valence-electron chi connectivity index (χ1n) is 11.4. The molecule has 0 spiro atoms. The van der Waals surface area contributed by atoms with Crippen LogP contribution in [0.1, 0.15) is 40.0 Å². The zero-order chi connectivity index (χ0) is 23.0. The minimum Gasteiger partial charge on any atom is -0.444 e. The van der Waals surface area contributed by atoms with E-state index < -0.39 is 5.60 Å². The number of hydrogen-bond acceptors (Lipinski definition) is 4. The molecule has 1 saturated heterocycles. The minimum atomic E-state index is -0.491. The number of benzene rings is 2. The highest BCUT2D eigenvalue weighted by molar-refractivity contribution is 5.95. The third-order valence-electron chi connectivity index (χ3n) is 5.48. The van der Waals surface area contributed by atoms with Crippen molar-refractivity contribution in [3.05, 3.63) is 54.6 Å². The average molecular weight is 438 g/mol. The van der Waals surface area contributed by atoms with E-state index in [0.29, 0.717) is 25.4 Å². The van der Waals surface area contributed by atoms with Gasteiger partial charge in [-0.3, -0.25) is 4.79 Å². The van der Waals surface area contributed by atoms with Gasteiger partial charge in [0.2, 0.25) is 5.91 Å². The van der Waals surface area contributed by atoms with Crippen LogP contribution in [0, 0.1) is 5.92 Å². The number of para-hydroxylation sites is 1. The Bertz CT molecular complexity index is 893. The second kappa shape index (κ2) is 11.1. The van der Waals surface area contributed by atoms with Crippen molar-refractivity contribution < 1.29 is 14.3 Å². The van der Waals surface area contributed by atoms with Crippen LogP contribution in [0.15, 0.2) is 54.6 Å². The number of nitrogens with zero attached hydrogens (tertiary/aromatic N) is 1. The highest BCUT2D eigenvalue weighted by Crippen LogP contribution is 2.27. The zero-order valence-corrected chi connectivity index (χ0v) is 19.4. The summed E-state index contributed by atoms with van der Waals surface area (Å²) in [6.07, 6.45) is 2.21. The Morgan fingerprint density at radius 2 is 1.78 bits per heavy atom. The number of likely N-dealkylation sites (tertiary alicyclic amines) is 1. The molecule has 1 heterocycles. The van der Waals surface area contributed by atoms with Crippen molar-refractivity contribution >= 4 is 17.7 Å². The maximum Gasteiger partial charge on any atom is 0.407 e. The van der Waals surface area contributed by atoms with E-state index in [4.69, 9.17) is 4.74 Å². The normalized spacial score (nSPS) is 16.9. The topological polar surface area (TPSA) is 70.7 Å². The molecule has 2 amide bonds. The van der Waals surface area contributed by atoms with E-state index in [-0.39, 0.29) is 12.0 Å². The minimum absolute atomic E-state index is 0.0161. The number of rotatable bonds is 7. The zero-order valence-electron chi connectivity index (χ0n) is 19.4. The van der Waals surface area contributed by atoms with Crippen LogP contribution in [0.25, 0.3) is 11.1 Å². The molecule has 1 aliphatic rings. The van der Waals surface area contributed by atoms with Crippen molar-refractivity contribution in [3.8, 4) is 11.1 Å². The SMILES string of the molecule is CC(C)(C)OC(=O)NCC1CCCN(CCC(=O)Nc2ccccc2-c2ccccc2)C1. The first kappa shape index (κ1) is 23.8. The second-order valence-electron chi connectivity index (χ2n) is 9.40. The molecule has 172 valence electrons. The number of anilines is 1. The molecule has 1 aliphatic heterocycles. The number of ether oxygens (including phenoxy) is 1. The molecule has 0 radical (unpaired) electrons. The number of carbonyl (C=O) groups excluding carboxylic acids is 2. The molecule has 1 unspecified atom stereocenters. The van der Waals surface area contributed by atoms with Crippen molar-refractivity contribution in [3.63, 3.8) is 0 Å². The van der Waals surface area contributed by atoms with Crippen LogP contribution in [-0.2, 0) is 9.53 Å². The van der Waals surface area contributed by atoms with Gasteiger partial charge in [-0.25, -0.2) is 4.79 Å². The summed E-state index contributed by atoms with van der Waals surface area (Å²) in [4.78, 5) is 26.9. The molecule has 0 saturated carbocycles. The van der Waals surface area contributed by atoms with Gasteiger partial charge < -0.3 is 20.3 Å². The van der Waals surface area contributed by atoms with Gasteiger partial charge in [0.15, 0.2) is 0 Å². The number of amides is 2. The predicted octanol–water partition coefficient (Wildman–Crippen LogP) is 4.92. The molecule has 6 nitrogen and oxygen atoms in total. The molecule has 0 aromatic heterocycles. The second-order valence-corrected chi connectivity index (χ2v) is 9.40. The summed E-state index contributed by atoms with van der Waals surface area (Å²) in [7, 11) is 0. The van der Waals surface area contributed by atoms with Gasteiger partial charge in [0.25, 0.3) is 0 Å². The Morgan fingerprint density at radius 3 is 2.53 bits per heavy atom. The van der Waals surface area contributed by atoms with Crippen LogP contribution >= 0.6 is 0 Å². The van der Waals surface area contributed by atoms with Crippen LogP contribution in [0.3, 0.4) is 0 Å². The third-order valence-corrected chi connectivity index (χ3v) is 5.48. The van der Waals surface area contributed by atoms with Gasteiger partial charge in [-0.2, -0.15) is 0 Å². The summed E-state index contributed by atoms with van der Waals surface area (Å²) < 4.78 is 5.32. The fraction of sp³-hybridized carbons (Fsp3) is 0.462. The quantitative estimate of drug-likeness (QED) is 0.645. The van der Waals surface area contributed by atoms with E-state index in [1.54, 1.807) is 0 Å². The van der Waals surface area contributed by atoms with Crippen LogP contribution in [0.5, 0.6) is 0 Å². The molecule has 32 heavy (non-hydrogen) atoms. The average Bonchev–Trinajstić information content (AvgIpc) is 2.76. The van der Waals surface area contributed by atoms with Gasteiger partial charge in [-0.05, 0) is 57.7 Å². The van der Waals surface area contributed by atoms with Crippen LogP contribution < -0.4 is 10.6 Å². The summed E-state index contributed by atoms with van der Waals surface area (Å²) in [6.45, 7) is 8.75. The molecule has 2 N–H and O–H groups in total. The summed E-state index contributed by atoms with van der Waals surface area (Å²) in [5.74, 6) is 0.389. The van der Waals surface area contributed by atoms with Gasteiger partial charge in [0.05, 0.1) is 0 Å². The first-order valence-corrected chi connectivity index (χ1v) is 11.4. The van der Waals surface area contributed by atoms with Crippen LogP contribution in [0.4, 0.5) is 10.5 Å². The lowest BCUT2D eigenvalue weighted by molar-refractivity contribution is -0.116. The van der Waals surface area contributed by atoms with Crippen molar-refractivity contribution in [2.75, 3.05) is 31.5 Å². The van der Waals surface area contributed by atoms with Gasteiger partial charge in [0, 0.05) is 37.3 Å². The Labute approximate surface area is 191 Å². The molecule has 0 aliphatic carbocycles. The lowest BCUT2D eigenvalue weighted by atomic mass is 9.98. The van der Waals surface area contributed by atoms with Gasteiger partial charge in [-0.15, -0.1) is 0 Å². The monoisotopic (exact) mass is 437 g/mol. The molecule has 0 bridgehead atoms. The molecule has 3 rings (SSSR count). The standard InChI is InChI=1S/C26H35N3O3/c1-26(2,3)32-25(31)27-18-20-10-9-16-29(19-20)17-15-24(30)28-23-14-8-7-13-22(23)21-11-5-4-6-12-21/h4-8,11-14,20H,9-10,15-19H2,1-3H3,(H,27,31)(H,28,30). The molecule has 2 aromatic rings. The number of piperidine rings is 1. The van der Waals surface area contributed by atoms with E-state index >= 15 is 0 Å². The molecule has 6 heteroatoms. The van der Waals surface area contributed by atoms with E-state index in [2.05, 4.69) is 15.5 Å². The van der Waals surface area contributed by atoms with Crippen molar-refractivity contribution in [1.82, 2.24) is 10.2 Å². The fourth-order valence-electron chi connectivity index (χ4n) is 4.00. The predicted molar refractivity (Wildman–Crippen MR) is 129 cm³/mol. The molecule has 2 aromatic carbocycles. The van der Waals surface area contributed by atoms with Gasteiger partial charge in [-0.1, -0.05) is 48.5 Å². The number of hydrogen-bond donors (Lipinski definition) is 2. The summed E-state index contributed by atoms with van der Waals surface area (Å²) in [5, 5.41) is 5.96. The lowest BCUT2D eigenvalue weighted by Gasteiger charge is -2.32. The van der Waals surface area contributed by atoms with Crippen molar-refractivity contribution in [2.45, 2.75) is 45.6 Å². The summed E-state index contributed by atoms with van der Waals surface area (Å²) in [6, 6.07) is 18.0. The number of carbonyl (C=O) groups is 2. The van der Waals surface area contributed by atoms with Gasteiger partial charge >= 0.3 is 6.09 Å². The third kappa shape index (κ3) is 7.68. The first-order chi connectivity index (χ1) is 15.3. The van der Waals surface area contributed by atoms with E-state index in [0.717, 1.165) is 42.7 Å². The van der Waals surface area contributed by atoms with E-state index in [1.165, 1.54) is 0 Å². The number of nitrogens with one attached hydrogen (secondary N) is 2. The largest absolute Gasteiger partial charge is 0.444 e. The Morgan fingerprint density at radius 1 is 1.06 bits per heavy atom. The highest BCUT2D eigenvalue weighted by Gasteiger charge is 2.22. The molecular weight excluding hydrogens is 402 g/mol. The molecule has 1 atom stereocenters. The van der Waals surface area contributed by atoms with Crippen molar-refractivity contribution in [2.24, 2.45) is 5.92 Å². The Balaban J connectivity index is 1.46. The Hall–Kier alpha value is -2.86. The summed E-state index contributed by atoms with van der Waals surface area (Å²) in [5.41, 5.74) is 2.45. The Kier molecular flexibility index (Phi) is 8.28. The molecule has 1 fully saturated rings. The molecular formula is C26H35N3O3. The van der Waals surface area contributed by atoms with Gasteiger partial charge in [0.1, 0.15) is 5.60 Å².